The van der Waals surface area contributed by atoms with Crippen molar-refractivity contribution in [2.75, 3.05) is 5.32 Å². The van der Waals surface area contributed by atoms with E-state index < -0.39 is 0 Å². The summed E-state index contributed by atoms with van der Waals surface area (Å²) in [4.78, 5) is 4.75. The number of nitrogens with one attached hydrogen (secondary N) is 1. The van der Waals surface area contributed by atoms with E-state index in [1.165, 1.54) is 49.8 Å². The third-order valence-electron chi connectivity index (χ3n) is 4.85. The standard InChI is InChI=1S/C17H23N3/c1-12-6-3-2-4-8-15(12)19-17-14(11-18)10-13-7-5-9-16(13)20-17/h10,12,15H,2-9H2,1H3,(H,19,20). The van der Waals surface area contributed by atoms with Crippen molar-refractivity contribution < 1.29 is 0 Å². The fourth-order valence-corrected chi connectivity index (χ4v) is 3.55. The quantitative estimate of drug-likeness (QED) is 0.830. The van der Waals surface area contributed by atoms with Crippen molar-refractivity contribution in [2.24, 2.45) is 5.92 Å². The van der Waals surface area contributed by atoms with Gasteiger partial charge in [0.1, 0.15) is 11.9 Å². The Labute approximate surface area is 121 Å². The van der Waals surface area contributed by atoms with E-state index in [-0.39, 0.29) is 0 Å². The zero-order valence-corrected chi connectivity index (χ0v) is 12.3. The first-order valence-corrected chi connectivity index (χ1v) is 7.97. The van der Waals surface area contributed by atoms with Gasteiger partial charge in [0.15, 0.2) is 0 Å². The van der Waals surface area contributed by atoms with Crippen molar-refractivity contribution in [3.05, 3.63) is 22.9 Å². The summed E-state index contributed by atoms with van der Waals surface area (Å²) in [5.41, 5.74) is 3.20. The molecule has 0 aliphatic heterocycles. The number of aromatic nitrogens is 1. The average molecular weight is 269 g/mol. The van der Waals surface area contributed by atoms with Crippen molar-refractivity contribution in [3.8, 4) is 6.07 Å². The van der Waals surface area contributed by atoms with E-state index in [0.29, 0.717) is 12.0 Å². The third kappa shape index (κ3) is 2.65. The molecule has 3 heteroatoms. The van der Waals surface area contributed by atoms with E-state index in [0.717, 1.165) is 24.2 Å². The molecule has 1 N–H and O–H groups in total. The first-order valence-electron chi connectivity index (χ1n) is 7.97. The van der Waals surface area contributed by atoms with Crippen LogP contribution in [0.1, 0.15) is 62.3 Å². The fraction of sp³-hybridized carbons (Fsp3) is 0.647. The van der Waals surface area contributed by atoms with E-state index in [9.17, 15) is 5.26 Å². The third-order valence-corrected chi connectivity index (χ3v) is 4.85. The molecule has 0 spiro atoms. The Kier molecular flexibility index (Phi) is 3.91. The number of hydrogen-bond donors (Lipinski definition) is 1. The van der Waals surface area contributed by atoms with Gasteiger partial charge >= 0.3 is 0 Å². The van der Waals surface area contributed by atoms with Gasteiger partial charge in [-0.1, -0.05) is 26.2 Å². The largest absolute Gasteiger partial charge is 0.366 e. The van der Waals surface area contributed by atoms with Crippen LogP contribution >= 0.6 is 0 Å². The summed E-state index contributed by atoms with van der Waals surface area (Å²) < 4.78 is 0. The van der Waals surface area contributed by atoms with Crippen molar-refractivity contribution in [1.29, 1.82) is 5.26 Å². The van der Waals surface area contributed by atoms with Crippen LogP contribution < -0.4 is 5.32 Å². The Morgan fingerprint density at radius 1 is 1.20 bits per heavy atom. The second-order valence-electron chi connectivity index (χ2n) is 6.32. The fourth-order valence-electron chi connectivity index (χ4n) is 3.55. The highest BCUT2D eigenvalue weighted by Crippen LogP contribution is 2.29. The number of hydrogen-bond acceptors (Lipinski definition) is 3. The van der Waals surface area contributed by atoms with Gasteiger partial charge in [-0.05, 0) is 49.7 Å². The first kappa shape index (κ1) is 13.4. The van der Waals surface area contributed by atoms with Crippen LogP contribution in [0.5, 0.6) is 0 Å². The van der Waals surface area contributed by atoms with Crippen LogP contribution in [0.4, 0.5) is 5.82 Å². The molecule has 1 aromatic heterocycles. The minimum Gasteiger partial charge on any atom is -0.366 e. The molecule has 1 saturated carbocycles. The molecular formula is C17H23N3. The Morgan fingerprint density at radius 2 is 2.05 bits per heavy atom. The van der Waals surface area contributed by atoms with Crippen LogP contribution in [0.3, 0.4) is 0 Å². The van der Waals surface area contributed by atoms with Crippen LogP contribution in [0.25, 0.3) is 0 Å². The lowest BCUT2D eigenvalue weighted by Gasteiger charge is -2.24. The molecule has 0 amide bonds. The van der Waals surface area contributed by atoms with E-state index in [1.54, 1.807) is 0 Å². The van der Waals surface area contributed by atoms with Crippen molar-refractivity contribution in [3.63, 3.8) is 0 Å². The normalized spacial score (nSPS) is 25.6. The number of aryl methyl sites for hydroxylation is 2. The molecule has 0 aromatic carbocycles. The molecule has 20 heavy (non-hydrogen) atoms. The molecule has 1 fully saturated rings. The second kappa shape index (κ2) is 5.83. The van der Waals surface area contributed by atoms with Crippen LogP contribution in [0.2, 0.25) is 0 Å². The molecule has 2 aliphatic carbocycles. The molecule has 2 unspecified atom stereocenters. The summed E-state index contributed by atoms with van der Waals surface area (Å²) in [6.45, 7) is 2.32. The predicted octanol–water partition coefficient (Wildman–Crippen LogP) is 3.82. The molecule has 3 nitrogen and oxygen atoms in total. The predicted molar refractivity (Wildman–Crippen MR) is 80.6 cm³/mol. The summed E-state index contributed by atoms with van der Waals surface area (Å²) in [7, 11) is 0. The van der Waals surface area contributed by atoms with Crippen LogP contribution in [0.15, 0.2) is 6.07 Å². The molecule has 2 atom stereocenters. The van der Waals surface area contributed by atoms with Gasteiger partial charge in [-0.15, -0.1) is 0 Å². The number of nitrogens with zero attached hydrogens (tertiary/aromatic N) is 2. The summed E-state index contributed by atoms with van der Waals surface area (Å²) in [5, 5.41) is 13.0. The molecule has 1 aromatic rings. The molecule has 1 heterocycles. The SMILES string of the molecule is CC1CCCCCC1Nc1nc2c(cc1C#N)CCC2. The van der Waals surface area contributed by atoms with Crippen molar-refractivity contribution >= 4 is 5.82 Å². The molecule has 106 valence electrons. The van der Waals surface area contributed by atoms with E-state index in [4.69, 9.17) is 4.98 Å². The van der Waals surface area contributed by atoms with Gasteiger partial charge in [-0.25, -0.2) is 4.98 Å². The highest BCUT2D eigenvalue weighted by atomic mass is 15.0. The maximum Gasteiger partial charge on any atom is 0.144 e. The minimum atomic E-state index is 0.469. The first-order chi connectivity index (χ1) is 9.78. The average Bonchev–Trinajstić information content (AvgIpc) is 2.82. The van der Waals surface area contributed by atoms with Gasteiger partial charge in [0.25, 0.3) is 0 Å². The van der Waals surface area contributed by atoms with Crippen molar-refractivity contribution in [2.45, 2.75) is 64.3 Å². The van der Waals surface area contributed by atoms with Crippen LogP contribution in [0, 0.1) is 17.2 Å². The molecule has 3 rings (SSSR count). The van der Waals surface area contributed by atoms with Gasteiger partial charge in [-0.2, -0.15) is 5.26 Å². The smallest absolute Gasteiger partial charge is 0.144 e. The number of anilines is 1. The minimum absolute atomic E-state index is 0.469. The molecule has 0 bridgehead atoms. The van der Waals surface area contributed by atoms with Gasteiger partial charge < -0.3 is 5.32 Å². The van der Waals surface area contributed by atoms with Crippen LogP contribution in [-0.4, -0.2) is 11.0 Å². The van der Waals surface area contributed by atoms with Gasteiger partial charge in [0.2, 0.25) is 0 Å². The van der Waals surface area contributed by atoms with Gasteiger partial charge in [0.05, 0.1) is 5.56 Å². The highest BCUT2D eigenvalue weighted by Gasteiger charge is 2.23. The lowest BCUT2D eigenvalue weighted by molar-refractivity contribution is 0.455. The lowest BCUT2D eigenvalue weighted by atomic mass is 9.96. The molecule has 0 saturated heterocycles. The monoisotopic (exact) mass is 269 g/mol. The summed E-state index contributed by atoms with van der Waals surface area (Å²) >= 11 is 0. The molecule has 0 radical (unpaired) electrons. The number of pyridine rings is 1. The van der Waals surface area contributed by atoms with E-state index in [1.807, 2.05) is 0 Å². The molecule has 2 aliphatic rings. The van der Waals surface area contributed by atoms with Gasteiger partial charge in [0, 0.05) is 11.7 Å². The summed E-state index contributed by atoms with van der Waals surface area (Å²) in [5.74, 6) is 1.49. The Balaban J connectivity index is 1.84. The Bertz CT molecular complexity index is 530. The maximum atomic E-state index is 9.37. The van der Waals surface area contributed by atoms with E-state index in [2.05, 4.69) is 24.4 Å². The Morgan fingerprint density at radius 3 is 2.90 bits per heavy atom. The maximum absolute atomic E-state index is 9.37. The number of nitriles is 1. The molecular weight excluding hydrogens is 246 g/mol. The van der Waals surface area contributed by atoms with Crippen molar-refractivity contribution in [1.82, 2.24) is 4.98 Å². The van der Waals surface area contributed by atoms with E-state index >= 15 is 0 Å². The number of fused-ring (bicyclic) bond motifs is 1. The zero-order chi connectivity index (χ0) is 13.9. The highest BCUT2D eigenvalue weighted by molar-refractivity contribution is 5.55. The lowest BCUT2D eigenvalue weighted by Crippen LogP contribution is -2.27. The van der Waals surface area contributed by atoms with Crippen LogP contribution in [-0.2, 0) is 12.8 Å². The Hall–Kier alpha value is -1.56. The van der Waals surface area contributed by atoms with Gasteiger partial charge in [-0.3, -0.25) is 0 Å². The second-order valence-corrected chi connectivity index (χ2v) is 6.32. The zero-order valence-electron chi connectivity index (χ0n) is 12.3. The summed E-state index contributed by atoms with van der Waals surface area (Å²) in [6.07, 6.45) is 9.76. The summed E-state index contributed by atoms with van der Waals surface area (Å²) in [6, 6.07) is 4.84. The number of rotatable bonds is 2. The topological polar surface area (TPSA) is 48.7 Å².